The van der Waals surface area contributed by atoms with Gasteiger partial charge in [0.1, 0.15) is 5.76 Å². The summed E-state index contributed by atoms with van der Waals surface area (Å²) in [6.45, 7) is 1.65. The SMILES string of the molecule is Cc1cc(C(=O)N[C@H]2C[C@H](CO)[C@H](O)C2)no1. The Morgan fingerprint density at radius 3 is 2.94 bits per heavy atom. The van der Waals surface area contributed by atoms with Crippen molar-refractivity contribution in [2.45, 2.75) is 31.9 Å². The van der Waals surface area contributed by atoms with E-state index in [-0.39, 0.29) is 30.2 Å². The lowest BCUT2D eigenvalue weighted by Gasteiger charge is -2.10. The molecule has 0 spiro atoms. The van der Waals surface area contributed by atoms with Gasteiger partial charge in [-0.1, -0.05) is 5.16 Å². The van der Waals surface area contributed by atoms with Gasteiger partial charge in [-0.25, -0.2) is 0 Å². The van der Waals surface area contributed by atoms with Crippen molar-refractivity contribution in [3.05, 3.63) is 17.5 Å². The third-order valence-corrected chi connectivity index (χ3v) is 3.09. The molecule has 1 saturated carbocycles. The Morgan fingerprint density at radius 1 is 1.65 bits per heavy atom. The fourth-order valence-electron chi connectivity index (χ4n) is 2.15. The van der Waals surface area contributed by atoms with Gasteiger partial charge in [-0.05, 0) is 19.8 Å². The zero-order valence-corrected chi connectivity index (χ0v) is 9.59. The van der Waals surface area contributed by atoms with Gasteiger partial charge in [0, 0.05) is 24.6 Å². The summed E-state index contributed by atoms with van der Waals surface area (Å²) in [4.78, 5) is 11.7. The minimum absolute atomic E-state index is 0.0589. The van der Waals surface area contributed by atoms with Crippen LogP contribution >= 0.6 is 0 Å². The van der Waals surface area contributed by atoms with E-state index in [9.17, 15) is 9.90 Å². The van der Waals surface area contributed by atoms with E-state index in [1.165, 1.54) is 0 Å². The van der Waals surface area contributed by atoms with Gasteiger partial charge in [-0.15, -0.1) is 0 Å². The lowest BCUT2D eigenvalue weighted by Crippen LogP contribution is -2.33. The maximum Gasteiger partial charge on any atom is 0.273 e. The molecule has 6 heteroatoms. The van der Waals surface area contributed by atoms with Crippen LogP contribution in [0.15, 0.2) is 10.6 Å². The van der Waals surface area contributed by atoms with Crippen LogP contribution in [-0.2, 0) is 0 Å². The predicted octanol–water partition coefficient (Wildman–Crippen LogP) is -0.155. The minimum atomic E-state index is -0.552. The van der Waals surface area contributed by atoms with E-state index in [4.69, 9.17) is 9.63 Å². The molecule has 1 aromatic heterocycles. The Hall–Kier alpha value is -1.40. The highest BCUT2D eigenvalue weighted by molar-refractivity contribution is 5.92. The highest BCUT2D eigenvalue weighted by Gasteiger charge is 2.33. The number of aryl methyl sites for hydroxylation is 1. The summed E-state index contributed by atoms with van der Waals surface area (Å²) in [6, 6.07) is 1.44. The molecular weight excluding hydrogens is 224 g/mol. The Morgan fingerprint density at radius 2 is 2.41 bits per heavy atom. The second kappa shape index (κ2) is 4.85. The minimum Gasteiger partial charge on any atom is -0.396 e. The van der Waals surface area contributed by atoms with Crippen molar-refractivity contribution in [3.8, 4) is 0 Å². The molecule has 0 unspecified atom stereocenters. The molecule has 1 heterocycles. The van der Waals surface area contributed by atoms with Gasteiger partial charge < -0.3 is 20.1 Å². The van der Waals surface area contributed by atoms with Crippen molar-refractivity contribution in [3.63, 3.8) is 0 Å². The van der Waals surface area contributed by atoms with Gasteiger partial charge in [0.2, 0.25) is 0 Å². The molecule has 1 fully saturated rings. The molecule has 0 saturated heterocycles. The molecule has 1 aliphatic rings. The molecule has 0 aliphatic heterocycles. The van der Waals surface area contributed by atoms with E-state index in [0.717, 1.165) is 0 Å². The first kappa shape index (κ1) is 12.1. The van der Waals surface area contributed by atoms with Crippen LogP contribution in [0.2, 0.25) is 0 Å². The molecule has 1 aromatic rings. The molecule has 3 N–H and O–H groups in total. The van der Waals surface area contributed by atoms with Gasteiger partial charge >= 0.3 is 0 Å². The number of aliphatic hydroxyl groups is 2. The monoisotopic (exact) mass is 240 g/mol. The van der Waals surface area contributed by atoms with Crippen molar-refractivity contribution in [1.29, 1.82) is 0 Å². The molecule has 0 bridgehead atoms. The number of aliphatic hydroxyl groups excluding tert-OH is 2. The number of carbonyl (C=O) groups excluding carboxylic acids is 1. The summed E-state index contributed by atoms with van der Waals surface area (Å²) in [7, 11) is 0. The molecule has 1 amide bonds. The maximum atomic E-state index is 11.7. The second-order valence-electron chi connectivity index (χ2n) is 4.47. The quantitative estimate of drug-likeness (QED) is 0.682. The molecule has 0 aromatic carbocycles. The molecular formula is C11H16N2O4. The first-order chi connectivity index (χ1) is 8.10. The Kier molecular flexibility index (Phi) is 3.44. The first-order valence-corrected chi connectivity index (χ1v) is 5.63. The number of hydrogen-bond donors (Lipinski definition) is 3. The summed E-state index contributed by atoms with van der Waals surface area (Å²) in [6.07, 6.45) is 0.498. The number of carbonyl (C=O) groups is 1. The Balaban J connectivity index is 1.92. The zero-order valence-electron chi connectivity index (χ0n) is 9.59. The molecule has 3 atom stereocenters. The first-order valence-electron chi connectivity index (χ1n) is 5.63. The lowest BCUT2D eigenvalue weighted by molar-refractivity contribution is 0.0902. The largest absolute Gasteiger partial charge is 0.396 e. The normalized spacial score (nSPS) is 28.3. The molecule has 94 valence electrons. The van der Waals surface area contributed by atoms with E-state index >= 15 is 0 Å². The number of nitrogens with one attached hydrogen (secondary N) is 1. The van der Waals surface area contributed by atoms with Crippen molar-refractivity contribution in [2.24, 2.45) is 5.92 Å². The van der Waals surface area contributed by atoms with Crippen LogP contribution in [0, 0.1) is 12.8 Å². The third kappa shape index (κ3) is 2.65. The zero-order chi connectivity index (χ0) is 12.4. The van der Waals surface area contributed by atoms with Crippen molar-refractivity contribution >= 4 is 5.91 Å². The number of hydrogen-bond acceptors (Lipinski definition) is 5. The summed E-state index contributed by atoms with van der Waals surface area (Å²) >= 11 is 0. The Bertz CT molecular complexity index is 404. The highest BCUT2D eigenvalue weighted by Crippen LogP contribution is 2.25. The number of aromatic nitrogens is 1. The summed E-state index contributed by atoms with van der Waals surface area (Å²) in [5.41, 5.74) is 0.240. The van der Waals surface area contributed by atoms with E-state index in [1.54, 1.807) is 13.0 Å². The van der Waals surface area contributed by atoms with Gasteiger partial charge in [-0.3, -0.25) is 4.79 Å². The van der Waals surface area contributed by atoms with Crippen LogP contribution < -0.4 is 5.32 Å². The van der Waals surface area contributed by atoms with Crippen molar-refractivity contribution < 1.29 is 19.5 Å². The standard InChI is InChI=1S/C11H16N2O4/c1-6-2-9(13-17-6)11(16)12-8-3-7(5-14)10(15)4-8/h2,7-8,10,14-15H,3-5H2,1H3,(H,12,16)/t7-,8+,10-/m1/s1. The molecule has 2 rings (SSSR count). The molecule has 1 aliphatic carbocycles. The summed E-state index contributed by atoms with van der Waals surface area (Å²) in [5, 5.41) is 25.0. The predicted molar refractivity (Wildman–Crippen MR) is 58.3 cm³/mol. The van der Waals surface area contributed by atoms with Crippen LogP contribution in [0.1, 0.15) is 29.1 Å². The number of rotatable bonds is 3. The average Bonchev–Trinajstić information content (AvgIpc) is 2.85. The molecule has 0 radical (unpaired) electrons. The van der Waals surface area contributed by atoms with Crippen LogP contribution in [0.4, 0.5) is 0 Å². The smallest absolute Gasteiger partial charge is 0.273 e. The van der Waals surface area contributed by atoms with E-state index in [2.05, 4.69) is 10.5 Å². The Labute approximate surface area is 98.6 Å². The molecule has 6 nitrogen and oxygen atoms in total. The lowest BCUT2D eigenvalue weighted by atomic mass is 10.1. The number of nitrogens with zero attached hydrogens (tertiary/aromatic N) is 1. The van der Waals surface area contributed by atoms with Gasteiger partial charge in [0.15, 0.2) is 5.69 Å². The van der Waals surface area contributed by atoms with Crippen LogP contribution in [0.25, 0.3) is 0 Å². The van der Waals surface area contributed by atoms with Gasteiger partial charge in [0.25, 0.3) is 5.91 Å². The van der Waals surface area contributed by atoms with E-state index in [1.807, 2.05) is 0 Å². The average molecular weight is 240 g/mol. The van der Waals surface area contributed by atoms with Crippen LogP contribution in [-0.4, -0.2) is 40.0 Å². The summed E-state index contributed by atoms with van der Waals surface area (Å²) in [5.74, 6) is 0.117. The topological polar surface area (TPSA) is 95.6 Å². The highest BCUT2D eigenvalue weighted by atomic mass is 16.5. The van der Waals surface area contributed by atoms with Crippen molar-refractivity contribution in [2.75, 3.05) is 6.61 Å². The van der Waals surface area contributed by atoms with Crippen molar-refractivity contribution in [1.82, 2.24) is 10.5 Å². The second-order valence-corrected chi connectivity index (χ2v) is 4.47. The van der Waals surface area contributed by atoms with Gasteiger partial charge in [0.05, 0.1) is 6.10 Å². The van der Waals surface area contributed by atoms with Crippen LogP contribution in [0.5, 0.6) is 0 Å². The third-order valence-electron chi connectivity index (χ3n) is 3.09. The maximum absolute atomic E-state index is 11.7. The van der Waals surface area contributed by atoms with Gasteiger partial charge in [-0.2, -0.15) is 0 Å². The summed E-state index contributed by atoms with van der Waals surface area (Å²) < 4.78 is 4.81. The molecule has 17 heavy (non-hydrogen) atoms. The fourth-order valence-corrected chi connectivity index (χ4v) is 2.15. The fraction of sp³-hybridized carbons (Fsp3) is 0.636. The van der Waals surface area contributed by atoms with E-state index in [0.29, 0.717) is 18.6 Å². The van der Waals surface area contributed by atoms with Crippen LogP contribution in [0.3, 0.4) is 0 Å². The number of amides is 1. The van der Waals surface area contributed by atoms with E-state index < -0.39 is 6.10 Å².